The number of hydrogen-bond acceptors (Lipinski definition) is 1. The van der Waals surface area contributed by atoms with E-state index in [0.29, 0.717) is 5.92 Å². The second-order valence-corrected chi connectivity index (χ2v) is 9.22. The van der Waals surface area contributed by atoms with Crippen LogP contribution in [0, 0.1) is 0 Å². The summed E-state index contributed by atoms with van der Waals surface area (Å²) in [7, 11) is 0. The second kappa shape index (κ2) is 7.95. The first-order valence-corrected chi connectivity index (χ1v) is 10.7. The number of nitrogens with zero attached hydrogens (tertiary/aromatic N) is 2. The highest BCUT2D eigenvalue weighted by atomic mass is 15.1. The molecule has 1 heterocycles. The first-order valence-electron chi connectivity index (χ1n) is 10.7. The largest absolute Gasteiger partial charge is 0.299 e. The smallest absolute Gasteiger partial charge is 0.144 e. The summed E-state index contributed by atoms with van der Waals surface area (Å²) in [6, 6.07) is 26.0. The fraction of sp³-hybridized carbons (Fsp3) is 0.250. The van der Waals surface area contributed by atoms with Crippen molar-refractivity contribution in [1.29, 1.82) is 0 Å². The van der Waals surface area contributed by atoms with Crippen molar-refractivity contribution in [3.05, 3.63) is 96.3 Å². The van der Waals surface area contributed by atoms with Crippen molar-refractivity contribution in [3.8, 4) is 28.2 Å². The van der Waals surface area contributed by atoms with Crippen molar-refractivity contribution in [2.45, 2.75) is 46.0 Å². The van der Waals surface area contributed by atoms with E-state index in [1.54, 1.807) is 0 Å². The average molecular weight is 395 g/mol. The summed E-state index contributed by atoms with van der Waals surface area (Å²) in [4.78, 5) is 4.78. The Kier molecular flexibility index (Phi) is 5.34. The molecule has 0 aliphatic heterocycles. The summed E-state index contributed by atoms with van der Waals surface area (Å²) in [5.74, 6) is 1.38. The molecule has 0 spiro atoms. The average Bonchev–Trinajstić information content (AvgIpc) is 3.23. The third kappa shape index (κ3) is 3.82. The summed E-state index contributed by atoms with van der Waals surface area (Å²) in [6.07, 6.45) is 4.00. The summed E-state index contributed by atoms with van der Waals surface area (Å²) >= 11 is 0. The molecule has 0 unspecified atom stereocenters. The van der Waals surface area contributed by atoms with Gasteiger partial charge in [0.15, 0.2) is 0 Å². The molecule has 0 fully saturated rings. The zero-order chi connectivity index (χ0) is 21.3. The number of aromatic nitrogens is 2. The van der Waals surface area contributed by atoms with Gasteiger partial charge in [-0.15, -0.1) is 0 Å². The molecule has 3 aromatic carbocycles. The van der Waals surface area contributed by atoms with Crippen LogP contribution in [0.4, 0.5) is 0 Å². The number of para-hydroxylation sites is 1. The number of rotatable bonds is 4. The molecule has 30 heavy (non-hydrogen) atoms. The summed E-state index contributed by atoms with van der Waals surface area (Å²) in [6.45, 7) is 11.3. The van der Waals surface area contributed by atoms with Crippen LogP contribution in [-0.2, 0) is 5.41 Å². The zero-order valence-corrected chi connectivity index (χ0v) is 18.6. The molecule has 4 aromatic rings. The van der Waals surface area contributed by atoms with E-state index in [0.717, 1.165) is 11.4 Å². The van der Waals surface area contributed by atoms with Crippen LogP contribution in [0.1, 0.15) is 51.7 Å². The minimum absolute atomic E-state index is 0.0957. The minimum Gasteiger partial charge on any atom is -0.299 e. The first kappa shape index (κ1) is 20.2. The maximum absolute atomic E-state index is 4.78. The van der Waals surface area contributed by atoms with E-state index < -0.39 is 0 Å². The second-order valence-electron chi connectivity index (χ2n) is 9.22. The van der Waals surface area contributed by atoms with Gasteiger partial charge in [-0.2, -0.15) is 0 Å². The molecule has 0 saturated carbocycles. The maximum atomic E-state index is 4.78. The molecular weight excluding hydrogens is 364 g/mol. The minimum atomic E-state index is 0.0957. The van der Waals surface area contributed by atoms with Gasteiger partial charge in [0, 0.05) is 23.5 Å². The highest BCUT2D eigenvalue weighted by Crippen LogP contribution is 2.36. The molecule has 0 aliphatic rings. The van der Waals surface area contributed by atoms with Crippen LogP contribution in [0.5, 0.6) is 0 Å². The zero-order valence-electron chi connectivity index (χ0n) is 18.6. The van der Waals surface area contributed by atoms with Crippen LogP contribution in [-0.4, -0.2) is 9.55 Å². The lowest BCUT2D eigenvalue weighted by molar-refractivity contribution is 0.590. The highest BCUT2D eigenvalue weighted by molar-refractivity contribution is 5.77. The first-order chi connectivity index (χ1) is 14.4. The fourth-order valence-electron chi connectivity index (χ4n) is 3.97. The monoisotopic (exact) mass is 394 g/mol. The fourth-order valence-corrected chi connectivity index (χ4v) is 3.97. The SMILES string of the molecule is CC(C)c1cccc(-c2ccccc2)c1-n1ccnc1-c1cccc(C(C)(C)C)c1. The predicted molar refractivity (Wildman–Crippen MR) is 127 cm³/mol. The Morgan fingerprint density at radius 1 is 0.800 bits per heavy atom. The molecule has 2 nitrogen and oxygen atoms in total. The molecule has 152 valence electrons. The van der Waals surface area contributed by atoms with E-state index in [2.05, 4.69) is 118 Å². The standard InChI is InChI=1S/C28H30N2/c1-20(2)24-15-10-16-25(21-11-7-6-8-12-21)26(24)30-18-17-29-27(30)22-13-9-14-23(19-22)28(3,4)5/h6-20H,1-5H3. The Hall–Kier alpha value is -3.13. The normalized spacial score (nSPS) is 11.8. The molecule has 2 heteroatoms. The molecular formula is C28H30N2. The van der Waals surface area contributed by atoms with E-state index in [9.17, 15) is 0 Å². The van der Waals surface area contributed by atoms with Gasteiger partial charge in [-0.1, -0.05) is 101 Å². The van der Waals surface area contributed by atoms with Crippen molar-refractivity contribution in [1.82, 2.24) is 9.55 Å². The van der Waals surface area contributed by atoms with E-state index in [-0.39, 0.29) is 5.41 Å². The highest BCUT2D eigenvalue weighted by Gasteiger charge is 2.19. The van der Waals surface area contributed by atoms with Gasteiger partial charge in [-0.25, -0.2) is 4.98 Å². The molecule has 0 amide bonds. The Labute approximate surface area is 180 Å². The van der Waals surface area contributed by atoms with E-state index in [4.69, 9.17) is 4.98 Å². The Bertz CT molecular complexity index is 1140. The van der Waals surface area contributed by atoms with Gasteiger partial charge < -0.3 is 0 Å². The van der Waals surface area contributed by atoms with Crippen LogP contribution in [0.25, 0.3) is 28.2 Å². The van der Waals surface area contributed by atoms with Crippen molar-refractivity contribution in [2.75, 3.05) is 0 Å². The molecule has 0 N–H and O–H groups in total. The topological polar surface area (TPSA) is 17.8 Å². The molecule has 4 rings (SSSR count). The van der Waals surface area contributed by atoms with E-state index >= 15 is 0 Å². The van der Waals surface area contributed by atoms with Crippen LogP contribution < -0.4 is 0 Å². The summed E-state index contributed by atoms with van der Waals surface area (Å²) < 4.78 is 2.26. The van der Waals surface area contributed by atoms with E-state index in [1.165, 1.54) is 27.9 Å². The summed E-state index contributed by atoms with van der Waals surface area (Å²) in [5.41, 5.74) is 7.54. The lowest BCUT2D eigenvalue weighted by Gasteiger charge is -2.22. The van der Waals surface area contributed by atoms with Gasteiger partial charge in [-0.05, 0) is 34.1 Å². The number of imidazole rings is 1. The van der Waals surface area contributed by atoms with Crippen molar-refractivity contribution in [2.24, 2.45) is 0 Å². The van der Waals surface area contributed by atoms with Gasteiger partial charge in [-0.3, -0.25) is 4.57 Å². The van der Waals surface area contributed by atoms with Crippen molar-refractivity contribution in [3.63, 3.8) is 0 Å². The molecule has 1 aromatic heterocycles. The van der Waals surface area contributed by atoms with Crippen LogP contribution in [0.2, 0.25) is 0 Å². The van der Waals surface area contributed by atoms with Gasteiger partial charge in [0.2, 0.25) is 0 Å². The van der Waals surface area contributed by atoms with Crippen LogP contribution in [0.3, 0.4) is 0 Å². The predicted octanol–water partition coefficient (Wildman–Crippen LogP) is 7.63. The molecule has 0 bridgehead atoms. The summed E-state index contributed by atoms with van der Waals surface area (Å²) in [5, 5.41) is 0. The Morgan fingerprint density at radius 2 is 1.50 bits per heavy atom. The number of benzene rings is 3. The molecule has 0 atom stereocenters. The lowest BCUT2D eigenvalue weighted by atomic mass is 9.86. The van der Waals surface area contributed by atoms with Crippen molar-refractivity contribution >= 4 is 0 Å². The van der Waals surface area contributed by atoms with Gasteiger partial charge >= 0.3 is 0 Å². The van der Waals surface area contributed by atoms with Gasteiger partial charge in [0.25, 0.3) is 0 Å². The quantitative estimate of drug-likeness (QED) is 0.348. The maximum Gasteiger partial charge on any atom is 0.144 e. The molecule has 0 radical (unpaired) electrons. The molecule has 0 aliphatic carbocycles. The molecule has 0 saturated heterocycles. The van der Waals surface area contributed by atoms with Gasteiger partial charge in [0.1, 0.15) is 5.82 Å². The van der Waals surface area contributed by atoms with Crippen LogP contribution in [0.15, 0.2) is 85.2 Å². The Balaban J connectivity index is 1.95. The third-order valence-corrected chi connectivity index (χ3v) is 5.64. The van der Waals surface area contributed by atoms with E-state index in [1.807, 2.05) is 6.20 Å². The Morgan fingerprint density at radius 3 is 2.20 bits per heavy atom. The number of hydrogen-bond donors (Lipinski definition) is 0. The van der Waals surface area contributed by atoms with Crippen LogP contribution >= 0.6 is 0 Å². The lowest BCUT2D eigenvalue weighted by Crippen LogP contribution is -2.11. The third-order valence-electron chi connectivity index (χ3n) is 5.64. The van der Waals surface area contributed by atoms with Crippen molar-refractivity contribution < 1.29 is 0 Å². The van der Waals surface area contributed by atoms with Gasteiger partial charge in [0.05, 0.1) is 5.69 Å².